The summed E-state index contributed by atoms with van der Waals surface area (Å²) >= 11 is 0. The van der Waals surface area contributed by atoms with Crippen molar-refractivity contribution in [2.45, 2.75) is 19.8 Å². The van der Waals surface area contributed by atoms with Gasteiger partial charge in [-0.25, -0.2) is 0 Å². The number of hydrogen-bond donors (Lipinski definition) is 1. The smallest absolute Gasteiger partial charge is 0.257 e. The molecule has 20 heavy (non-hydrogen) atoms. The van der Waals surface area contributed by atoms with Gasteiger partial charge in [0.05, 0.1) is 7.11 Å². The van der Waals surface area contributed by atoms with Gasteiger partial charge < -0.3 is 14.8 Å². The maximum atomic E-state index is 11.6. The first-order valence-corrected chi connectivity index (χ1v) is 6.93. The van der Waals surface area contributed by atoms with Gasteiger partial charge >= 0.3 is 0 Å². The number of nitrogens with one attached hydrogen (secondary N) is 1. The average molecular weight is 275 g/mol. The van der Waals surface area contributed by atoms with Crippen LogP contribution in [0, 0.1) is 5.92 Å². The van der Waals surface area contributed by atoms with E-state index < -0.39 is 0 Å². The highest BCUT2D eigenvalue weighted by atomic mass is 16.5. The molecule has 2 rings (SSSR count). The first-order chi connectivity index (χ1) is 9.72. The highest BCUT2D eigenvalue weighted by Crippen LogP contribution is 2.29. The van der Waals surface area contributed by atoms with Crippen molar-refractivity contribution in [3.63, 3.8) is 0 Å². The van der Waals surface area contributed by atoms with E-state index in [9.17, 15) is 4.79 Å². The molecule has 1 saturated carbocycles. The lowest BCUT2D eigenvalue weighted by atomic mass is 10.2. The molecule has 0 radical (unpaired) electrons. The van der Waals surface area contributed by atoms with Gasteiger partial charge in [-0.15, -0.1) is 0 Å². The predicted octanol–water partition coefficient (Wildman–Crippen LogP) is 2.63. The molecule has 4 heteroatoms. The third-order valence-corrected chi connectivity index (χ3v) is 3.19. The third kappa shape index (κ3) is 4.30. The topological polar surface area (TPSA) is 47.6 Å². The Morgan fingerprint density at radius 3 is 2.85 bits per heavy atom. The molecule has 0 aromatic heterocycles. The summed E-state index contributed by atoms with van der Waals surface area (Å²) in [7, 11) is 1.59. The first-order valence-electron chi connectivity index (χ1n) is 6.93. The number of methoxy groups -OCH3 is 1. The zero-order valence-electron chi connectivity index (χ0n) is 12.0. The molecule has 1 fully saturated rings. The average Bonchev–Trinajstić information content (AvgIpc) is 3.28. The van der Waals surface area contributed by atoms with E-state index in [-0.39, 0.29) is 12.5 Å². The Bertz CT molecular complexity index is 492. The van der Waals surface area contributed by atoms with Gasteiger partial charge in [0.2, 0.25) is 0 Å². The largest absolute Gasteiger partial charge is 0.493 e. The van der Waals surface area contributed by atoms with E-state index in [2.05, 4.69) is 5.32 Å². The van der Waals surface area contributed by atoms with E-state index in [1.54, 1.807) is 7.11 Å². The van der Waals surface area contributed by atoms with E-state index in [1.165, 1.54) is 12.8 Å². The van der Waals surface area contributed by atoms with Gasteiger partial charge in [-0.1, -0.05) is 18.2 Å². The molecule has 1 aliphatic rings. The van der Waals surface area contributed by atoms with E-state index in [1.807, 2.05) is 37.3 Å². The van der Waals surface area contributed by atoms with Crippen molar-refractivity contribution in [3.8, 4) is 11.5 Å². The van der Waals surface area contributed by atoms with Gasteiger partial charge in [-0.05, 0) is 43.4 Å². The Labute approximate surface area is 119 Å². The van der Waals surface area contributed by atoms with Gasteiger partial charge in [-0.2, -0.15) is 0 Å². The van der Waals surface area contributed by atoms with Crippen LogP contribution >= 0.6 is 0 Å². The van der Waals surface area contributed by atoms with Crippen LogP contribution in [0.4, 0.5) is 0 Å². The number of ether oxygens (including phenoxy) is 2. The number of carbonyl (C=O) groups is 1. The standard InChI is InChI=1S/C16H21NO3/c1-3-4-12-7-8-14(15(9-12)19-2)20-11-16(18)17-10-13-5-6-13/h3-4,7-9,13H,5-6,10-11H2,1-2H3,(H,17,18)/b4-3+. The molecule has 1 N–H and O–H groups in total. The second-order valence-corrected chi connectivity index (χ2v) is 4.95. The zero-order chi connectivity index (χ0) is 14.4. The predicted molar refractivity (Wildman–Crippen MR) is 78.9 cm³/mol. The molecule has 1 amide bonds. The monoisotopic (exact) mass is 275 g/mol. The Hall–Kier alpha value is -1.97. The molecular weight excluding hydrogens is 254 g/mol. The van der Waals surface area contributed by atoms with Gasteiger partial charge in [0, 0.05) is 6.54 Å². The molecule has 0 atom stereocenters. The van der Waals surface area contributed by atoms with Crippen LogP contribution in [-0.2, 0) is 4.79 Å². The van der Waals surface area contributed by atoms with Gasteiger partial charge in [-0.3, -0.25) is 4.79 Å². The number of amides is 1. The second kappa shape index (κ2) is 6.98. The molecule has 0 heterocycles. The maximum Gasteiger partial charge on any atom is 0.257 e. The fourth-order valence-corrected chi connectivity index (χ4v) is 1.87. The SMILES string of the molecule is C/C=C/c1ccc(OCC(=O)NCC2CC2)c(OC)c1. The summed E-state index contributed by atoms with van der Waals surface area (Å²) in [5.41, 5.74) is 1.04. The van der Waals surface area contributed by atoms with Crippen molar-refractivity contribution in [3.05, 3.63) is 29.8 Å². The van der Waals surface area contributed by atoms with E-state index in [4.69, 9.17) is 9.47 Å². The van der Waals surface area contributed by atoms with Gasteiger partial charge in [0.15, 0.2) is 18.1 Å². The first kappa shape index (κ1) is 14.4. The molecule has 0 aliphatic heterocycles. The van der Waals surface area contributed by atoms with E-state index in [0.29, 0.717) is 17.4 Å². The summed E-state index contributed by atoms with van der Waals surface area (Å²) in [4.78, 5) is 11.6. The fraction of sp³-hybridized carbons (Fsp3) is 0.438. The molecule has 1 aliphatic carbocycles. The van der Waals surface area contributed by atoms with Gasteiger partial charge in [0.25, 0.3) is 5.91 Å². The molecule has 0 saturated heterocycles. The minimum absolute atomic E-state index is 0.0199. The highest BCUT2D eigenvalue weighted by Gasteiger charge is 2.21. The van der Waals surface area contributed by atoms with Crippen LogP contribution in [0.25, 0.3) is 6.08 Å². The molecular formula is C16H21NO3. The lowest BCUT2D eigenvalue weighted by Crippen LogP contribution is -2.30. The summed E-state index contributed by atoms with van der Waals surface area (Å²) in [5.74, 6) is 1.81. The summed E-state index contributed by atoms with van der Waals surface area (Å²) < 4.78 is 10.8. The Morgan fingerprint density at radius 2 is 2.20 bits per heavy atom. The molecule has 0 spiro atoms. The maximum absolute atomic E-state index is 11.6. The number of hydrogen-bond acceptors (Lipinski definition) is 3. The minimum Gasteiger partial charge on any atom is -0.493 e. The quantitative estimate of drug-likeness (QED) is 0.832. The van der Waals surface area contributed by atoms with Crippen molar-refractivity contribution < 1.29 is 14.3 Å². The zero-order valence-corrected chi connectivity index (χ0v) is 12.0. The number of allylic oxidation sites excluding steroid dienone is 1. The summed E-state index contributed by atoms with van der Waals surface area (Å²) in [5, 5.41) is 2.87. The summed E-state index contributed by atoms with van der Waals surface area (Å²) in [6, 6.07) is 5.64. The van der Waals surface area contributed by atoms with Crippen molar-refractivity contribution in [1.29, 1.82) is 0 Å². The molecule has 0 bridgehead atoms. The van der Waals surface area contributed by atoms with E-state index >= 15 is 0 Å². The molecule has 108 valence electrons. The van der Waals surface area contributed by atoms with Crippen LogP contribution in [0.15, 0.2) is 24.3 Å². The van der Waals surface area contributed by atoms with Crippen LogP contribution in [0.3, 0.4) is 0 Å². The van der Waals surface area contributed by atoms with Crippen molar-refractivity contribution in [2.75, 3.05) is 20.3 Å². The minimum atomic E-state index is -0.0866. The summed E-state index contributed by atoms with van der Waals surface area (Å²) in [6.07, 6.45) is 6.39. The number of carbonyl (C=O) groups excluding carboxylic acids is 1. The summed E-state index contributed by atoms with van der Waals surface area (Å²) in [6.45, 7) is 2.74. The van der Waals surface area contributed by atoms with Crippen LogP contribution in [0.1, 0.15) is 25.3 Å². The van der Waals surface area contributed by atoms with Gasteiger partial charge in [0.1, 0.15) is 0 Å². The van der Waals surface area contributed by atoms with Crippen LogP contribution in [0.5, 0.6) is 11.5 Å². The normalized spacial score (nSPS) is 14.3. The molecule has 0 unspecified atom stereocenters. The Kier molecular flexibility index (Phi) is 5.04. The fourth-order valence-electron chi connectivity index (χ4n) is 1.87. The molecule has 4 nitrogen and oxygen atoms in total. The Morgan fingerprint density at radius 1 is 1.40 bits per heavy atom. The number of benzene rings is 1. The molecule has 1 aromatic carbocycles. The number of rotatable bonds is 7. The Balaban J connectivity index is 1.88. The van der Waals surface area contributed by atoms with Crippen molar-refractivity contribution in [2.24, 2.45) is 5.92 Å². The van der Waals surface area contributed by atoms with E-state index in [0.717, 1.165) is 12.1 Å². The highest BCUT2D eigenvalue weighted by molar-refractivity contribution is 5.77. The van der Waals surface area contributed by atoms with Crippen LogP contribution in [-0.4, -0.2) is 26.2 Å². The lowest BCUT2D eigenvalue weighted by Gasteiger charge is -2.11. The van der Waals surface area contributed by atoms with Crippen LogP contribution in [0.2, 0.25) is 0 Å². The second-order valence-electron chi connectivity index (χ2n) is 4.95. The lowest BCUT2D eigenvalue weighted by molar-refractivity contribution is -0.123. The van der Waals surface area contributed by atoms with Crippen LogP contribution < -0.4 is 14.8 Å². The molecule has 1 aromatic rings. The third-order valence-electron chi connectivity index (χ3n) is 3.19. The van der Waals surface area contributed by atoms with Crippen molar-refractivity contribution in [1.82, 2.24) is 5.32 Å². The van der Waals surface area contributed by atoms with Crippen molar-refractivity contribution >= 4 is 12.0 Å².